The molecular formula is C19H16BrN3O3. The van der Waals surface area contributed by atoms with E-state index in [1.807, 2.05) is 42.5 Å². The topological polar surface area (TPSA) is 65.4 Å². The number of carbonyl (C=O) groups excluding carboxylic acids is 1. The van der Waals surface area contributed by atoms with Gasteiger partial charge in [0.1, 0.15) is 12.4 Å². The lowest BCUT2D eigenvalue weighted by Crippen LogP contribution is -2.40. The molecule has 1 atom stereocenters. The number of nitrogens with zero attached hydrogens (tertiary/aromatic N) is 2. The fourth-order valence-corrected chi connectivity index (χ4v) is 3.12. The van der Waals surface area contributed by atoms with E-state index < -0.39 is 6.10 Å². The molecule has 132 valence electrons. The second-order valence-corrected chi connectivity index (χ2v) is 6.67. The molecule has 0 fully saturated rings. The Kier molecular flexibility index (Phi) is 4.62. The third-order valence-corrected chi connectivity index (χ3v) is 4.82. The van der Waals surface area contributed by atoms with E-state index in [-0.39, 0.29) is 12.5 Å². The van der Waals surface area contributed by atoms with Gasteiger partial charge in [-0.2, -0.15) is 5.10 Å². The van der Waals surface area contributed by atoms with E-state index in [9.17, 15) is 4.79 Å². The van der Waals surface area contributed by atoms with Crippen LogP contribution >= 0.6 is 15.9 Å². The Labute approximate surface area is 158 Å². The Balaban J connectivity index is 1.46. The van der Waals surface area contributed by atoms with E-state index in [1.165, 1.54) is 0 Å². The van der Waals surface area contributed by atoms with Crippen LogP contribution in [0.5, 0.6) is 11.5 Å². The summed E-state index contributed by atoms with van der Waals surface area (Å²) in [5, 5.41) is 7.17. The van der Waals surface area contributed by atoms with Crippen LogP contribution in [0.3, 0.4) is 0 Å². The van der Waals surface area contributed by atoms with E-state index in [0.717, 1.165) is 10.0 Å². The Morgan fingerprint density at radius 1 is 1.15 bits per heavy atom. The Morgan fingerprint density at radius 3 is 2.77 bits per heavy atom. The smallest absolute Gasteiger partial charge is 0.270 e. The summed E-state index contributed by atoms with van der Waals surface area (Å²) in [5.41, 5.74) is 1.07. The second kappa shape index (κ2) is 7.21. The summed E-state index contributed by atoms with van der Waals surface area (Å²) in [6, 6.07) is 17.0. The van der Waals surface area contributed by atoms with E-state index in [4.69, 9.17) is 9.47 Å². The van der Waals surface area contributed by atoms with Gasteiger partial charge < -0.3 is 14.8 Å². The van der Waals surface area contributed by atoms with Crippen molar-refractivity contribution in [2.75, 3.05) is 11.9 Å². The van der Waals surface area contributed by atoms with Crippen molar-refractivity contribution < 1.29 is 14.3 Å². The first kappa shape index (κ1) is 16.7. The average Bonchev–Trinajstić information content (AvgIpc) is 3.10. The molecule has 1 N–H and O–H groups in total. The number of nitrogens with one attached hydrogen (secondary N) is 1. The van der Waals surface area contributed by atoms with Gasteiger partial charge in [0, 0.05) is 10.5 Å². The van der Waals surface area contributed by atoms with Crippen molar-refractivity contribution in [3.05, 3.63) is 70.8 Å². The Morgan fingerprint density at radius 2 is 1.92 bits per heavy atom. The Bertz CT molecular complexity index is 941. The van der Waals surface area contributed by atoms with Crippen LogP contribution in [-0.2, 0) is 11.3 Å². The maximum atomic E-state index is 12.6. The van der Waals surface area contributed by atoms with Gasteiger partial charge in [-0.1, -0.05) is 46.3 Å². The van der Waals surface area contributed by atoms with Gasteiger partial charge in [0.2, 0.25) is 6.10 Å². The number of aromatic nitrogens is 2. The minimum Gasteiger partial charge on any atom is -0.485 e. The molecule has 0 saturated carbocycles. The molecular weight excluding hydrogens is 398 g/mol. The molecule has 1 amide bonds. The van der Waals surface area contributed by atoms with Crippen LogP contribution in [0.25, 0.3) is 0 Å². The number of hydrogen-bond donors (Lipinski definition) is 1. The summed E-state index contributed by atoms with van der Waals surface area (Å²) in [5.74, 6) is 1.55. The molecule has 7 heteroatoms. The molecule has 0 spiro atoms. The van der Waals surface area contributed by atoms with Crippen LogP contribution in [0.4, 0.5) is 5.82 Å². The second-order valence-electron chi connectivity index (χ2n) is 5.82. The number of hydrogen-bond acceptors (Lipinski definition) is 4. The van der Waals surface area contributed by atoms with Crippen molar-refractivity contribution in [1.82, 2.24) is 9.78 Å². The van der Waals surface area contributed by atoms with Crippen molar-refractivity contribution in [2.45, 2.75) is 12.6 Å². The highest BCUT2D eigenvalue weighted by Crippen LogP contribution is 2.31. The maximum Gasteiger partial charge on any atom is 0.270 e. The Hall–Kier alpha value is -2.80. The van der Waals surface area contributed by atoms with E-state index in [1.54, 1.807) is 23.0 Å². The van der Waals surface area contributed by atoms with Gasteiger partial charge in [0.05, 0.1) is 12.7 Å². The van der Waals surface area contributed by atoms with Crippen molar-refractivity contribution in [3.8, 4) is 11.5 Å². The van der Waals surface area contributed by atoms with Gasteiger partial charge in [-0.3, -0.25) is 4.79 Å². The summed E-state index contributed by atoms with van der Waals surface area (Å²) in [6.07, 6.45) is 0.941. The summed E-state index contributed by atoms with van der Waals surface area (Å²) in [6.45, 7) is 0.704. The van der Waals surface area contributed by atoms with Gasteiger partial charge in [-0.15, -0.1) is 0 Å². The zero-order valence-electron chi connectivity index (χ0n) is 13.8. The number of carbonyl (C=O) groups is 1. The number of benzene rings is 2. The molecule has 3 aromatic rings. The summed E-state index contributed by atoms with van der Waals surface area (Å²) < 4.78 is 14.1. The largest absolute Gasteiger partial charge is 0.485 e. The number of fused-ring (bicyclic) bond motifs is 1. The van der Waals surface area contributed by atoms with Crippen LogP contribution in [-0.4, -0.2) is 28.4 Å². The van der Waals surface area contributed by atoms with Crippen LogP contribution in [0, 0.1) is 0 Å². The molecule has 1 aromatic heterocycles. The van der Waals surface area contributed by atoms with Crippen molar-refractivity contribution in [2.24, 2.45) is 0 Å². The van der Waals surface area contributed by atoms with Gasteiger partial charge >= 0.3 is 0 Å². The lowest BCUT2D eigenvalue weighted by atomic mass is 10.2. The van der Waals surface area contributed by atoms with Crippen molar-refractivity contribution in [3.63, 3.8) is 0 Å². The third-order valence-electron chi connectivity index (χ3n) is 4.05. The first-order valence-electron chi connectivity index (χ1n) is 8.15. The molecule has 0 aliphatic carbocycles. The van der Waals surface area contributed by atoms with Crippen LogP contribution in [0.1, 0.15) is 5.56 Å². The molecule has 6 nitrogen and oxygen atoms in total. The number of amides is 1. The fourth-order valence-electron chi connectivity index (χ4n) is 2.71. The van der Waals surface area contributed by atoms with Crippen LogP contribution < -0.4 is 14.8 Å². The fraction of sp³-hybridized carbons (Fsp3) is 0.158. The predicted octanol–water partition coefficient (Wildman–Crippen LogP) is 3.47. The SMILES string of the molecule is O=C(Nc1ccnn1Cc1ccccc1Br)[C@@H]1COc2ccccc2O1. The van der Waals surface area contributed by atoms with Gasteiger partial charge in [0.15, 0.2) is 11.5 Å². The molecule has 1 aliphatic rings. The minimum atomic E-state index is -0.711. The maximum absolute atomic E-state index is 12.6. The molecule has 0 radical (unpaired) electrons. The van der Waals surface area contributed by atoms with Gasteiger partial charge in [-0.05, 0) is 23.8 Å². The summed E-state index contributed by atoms with van der Waals surface area (Å²) >= 11 is 3.53. The first-order chi connectivity index (χ1) is 12.7. The highest BCUT2D eigenvalue weighted by atomic mass is 79.9. The molecule has 26 heavy (non-hydrogen) atoms. The monoisotopic (exact) mass is 413 g/mol. The first-order valence-corrected chi connectivity index (χ1v) is 8.94. The van der Waals surface area contributed by atoms with E-state index in [0.29, 0.717) is 23.9 Å². The highest BCUT2D eigenvalue weighted by Gasteiger charge is 2.27. The van der Waals surface area contributed by atoms with Gasteiger partial charge in [0.25, 0.3) is 5.91 Å². The molecule has 2 heterocycles. The summed E-state index contributed by atoms with van der Waals surface area (Å²) in [4.78, 5) is 12.6. The van der Waals surface area contributed by atoms with Crippen molar-refractivity contribution >= 4 is 27.7 Å². The van der Waals surface area contributed by atoms with E-state index >= 15 is 0 Å². The number of rotatable bonds is 4. The highest BCUT2D eigenvalue weighted by molar-refractivity contribution is 9.10. The normalized spacial score (nSPS) is 15.5. The number of ether oxygens (including phenoxy) is 2. The molecule has 1 aliphatic heterocycles. The number of anilines is 1. The molecule has 4 rings (SSSR count). The average molecular weight is 414 g/mol. The van der Waals surface area contributed by atoms with Crippen LogP contribution in [0.2, 0.25) is 0 Å². The van der Waals surface area contributed by atoms with Crippen molar-refractivity contribution in [1.29, 1.82) is 0 Å². The predicted molar refractivity (Wildman–Crippen MR) is 100 cm³/mol. The van der Waals surface area contributed by atoms with Gasteiger partial charge in [-0.25, -0.2) is 4.68 Å². The zero-order valence-corrected chi connectivity index (χ0v) is 15.3. The quantitative estimate of drug-likeness (QED) is 0.710. The lowest BCUT2D eigenvalue weighted by molar-refractivity contribution is -0.125. The standard InChI is InChI=1S/C19H16BrN3O3/c20-14-6-2-1-5-13(14)11-23-18(9-10-21-23)22-19(24)17-12-25-15-7-3-4-8-16(15)26-17/h1-10,17H,11-12H2,(H,22,24)/t17-/m0/s1. The number of halogens is 1. The molecule has 0 bridgehead atoms. The number of para-hydroxylation sites is 2. The zero-order chi connectivity index (χ0) is 17.9. The third kappa shape index (κ3) is 3.43. The summed E-state index contributed by atoms with van der Waals surface area (Å²) in [7, 11) is 0. The van der Waals surface area contributed by atoms with Crippen LogP contribution in [0.15, 0.2) is 65.3 Å². The molecule has 0 saturated heterocycles. The lowest BCUT2D eigenvalue weighted by Gasteiger charge is -2.25. The molecule has 0 unspecified atom stereocenters. The van der Waals surface area contributed by atoms with E-state index in [2.05, 4.69) is 26.3 Å². The molecule has 2 aromatic carbocycles. The minimum absolute atomic E-state index is 0.168.